The zero-order chi connectivity index (χ0) is 9.14. The van der Waals surface area contributed by atoms with Gasteiger partial charge in [-0.1, -0.05) is 12.1 Å². The zero-order valence-corrected chi connectivity index (χ0v) is 6.43. The summed E-state index contributed by atoms with van der Waals surface area (Å²) in [5.41, 5.74) is 6.02. The van der Waals surface area contributed by atoms with Gasteiger partial charge in [0.1, 0.15) is 0 Å². The van der Waals surface area contributed by atoms with Crippen LogP contribution >= 0.6 is 0 Å². The first-order valence-electron chi connectivity index (χ1n) is 3.48. The molecule has 3 heteroatoms. The average Bonchev–Trinajstić information content (AvgIpc) is 2.08. The summed E-state index contributed by atoms with van der Waals surface area (Å²) in [4.78, 5) is 0. The average molecular weight is 169 g/mol. The van der Waals surface area contributed by atoms with Gasteiger partial charge in [0.05, 0.1) is 0 Å². The molecule has 0 radical (unpaired) electrons. The van der Waals surface area contributed by atoms with Crippen LogP contribution in [0.2, 0.25) is 0 Å². The summed E-state index contributed by atoms with van der Waals surface area (Å²) in [6, 6.07) is 3.11. The summed E-state index contributed by atoms with van der Waals surface area (Å²) in [7, 11) is 0. The van der Waals surface area contributed by atoms with Crippen molar-refractivity contribution in [1.29, 1.82) is 0 Å². The molecule has 0 aliphatic carbocycles. The van der Waals surface area contributed by atoms with Crippen molar-refractivity contribution >= 4 is 0 Å². The molecule has 1 rings (SSSR count). The molecule has 1 aromatic rings. The number of hydrogen-bond acceptors (Lipinski definition) is 1. The number of nitrogens with two attached hydrogens (primary N) is 1. The molecule has 0 bridgehead atoms. The van der Waals surface area contributed by atoms with Crippen LogP contribution in [0.5, 0.6) is 0 Å². The van der Waals surface area contributed by atoms with E-state index >= 15 is 0 Å². The third-order valence-corrected chi connectivity index (χ3v) is 1.58. The van der Waals surface area contributed by atoms with Gasteiger partial charge >= 0.3 is 0 Å². The van der Waals surface area contributed by atoms with Crippen molar-refractivity contribution in [3.8, 4) is 0 Å². The SMILES string of the molecule is C=C[C@@H](N)c1ccc(F)c(F)c1. The summed E-state index contributed by atoms with van der Waals surface area (Å²) in [6.45, 7) is 3.45. The lowest BCUT2D eigenvalue weighted by Crippen LogP contribution is -2.06. The molecule has 1 nitrogen and oxygen atoms in total. The van der Waals surface area contributed by atoms with Crippen molar-refractivity contribution in [1.82, 2.24) is 0 Å². The largest absolute Gasteiger partial charge is 0.321 e. The fraction of sp³-hybridized carbons (Fsp3) is 0.111. The van der Waals surface area contributed by atoms with Crippen LogP contribution in [0.4, 0.5) is 8.78 Å². The summed E-state index contributed by atoms with van der Waals surface area (Å²) in [5, 5.41) is 0. The molecule has 0 saturated carbocycles. The number of halogens is 2. The molecule has 0 fully saturated rings. The lowest BCUT2D eigenvalue weighted by atomic mass is 10.1. The Labute approximate surface area is 69.5 Å². The fourth-order valence-corrected chi connectivity index (χ4v) is 0.856. The van der Waals surface area contributed by atoms with Gasteiger partial charge < -0.3 is 5.73 Å². The first kappa shape index (κ1) is 8.87. The topological polar surface area (TPSA) is 26.0 Å². The molecule has 0 aliphatic heterocycles. The standard InChI is InChI=1S/C9H9F2N/c1-2-9(12)6-3-4-7(10)8(11)5-6/h2-5,9H,1,12H2/t9-/m1/s1. The summed E-state index contributed by atoms with van der Waals surface area (Å²) < 4.78 is 25.0. The van der Waals surface area contributed by atoms with Crippen molar-refractivity contribution < 1.29 is 8.78 Å². The highest BCUT2D eigenvalue weighted by molar-refractivity contribution is 5.23. The Morgan fingerprint density at radius 1 is 1.33 bits per heavy atom. The third kappa shape index (κ3) is 1.68. The monoisotopic (exact) mass is 169 g/mol. The molecule has 0 unspecified atom stereocenters. The molecule has 2 N–H and O–H groups in total. The normalized spacial score (nSPS) is 12.6. The molecule has 0 aliphatic rings. The molecule has 1 atom stereocenters. The Bertz CT molecular complexity index is 297. The highest BCUT2D eigenvalue weighted by atomic mass is 19.2. The summed E-state index contributed by atoms with van der Waals surface area (Å²) in [5.74, 6) is -1.75. The van der Waals surface area contributed by atoms with E-state index < -0.39 is 17.7 Å². The van der Waals surface area contributed by atoms with Gasteiger partial charge in [-0.25, -0.2) is 8.78 Å². The van der Waals surface area contributed by atoms with E-state index in [0.717, 1.165) is 12.1 Å². The second-order valence-corrected chi connectivity index (χ2v) is 2.44. The Morgan fingerprint density at radius 2 is 2.00 bits per heavy atom. The predicted molar refractivity (Wildman–Crippen MR) is 43.5 cm³/mol. The van der Waals surface area contributed by atoms with Crippen LogP contribution in [0.1, 0.15) is 11.6 Å². The smallest absolute Gasteiger partial charge is 0.159 e. The van der Waals surface area contributed by atoms with Gasteiger partial charge in [-0.05, 0) is 17.7 Å². The van der Waals surface area contributed by atoms with E-state index in [2.05, 4.69) is 6.58 Å². The maximum absolute atomic E-state index is 12.6. The first-order chi connectivity index (χ1) is 5.65. The van der Waals surface area contributed by atoms with Gasteiger partial charge in [0, 0.05) is 6.04 Å². The molecule has 1 aromatic carbocycles. The van der Waals surface area contributed by atoms with Crippen LogP contribution < -0.4 is 5.73 Å². The zero-order valence-electron chi connectivity index (χ0n) is 6.43. The van der Waals surface area contributed by atoms with E-state index in [0.29, 0.717) is 5.56 Å². The minimum absolute atomic E-state index is 0.444. The number of hydrogen-bond donors (Lipinski definition) is 1. The molecular weight excluding hydrogens is 160 g/mol. The molecule has 64 valence electrons. The second kappa shape index (κ2) is 3.45. The van der Waals surface area contributed by atoms with Gasteiger partial charge in [0.2, 0.25) is 0 Å². The lowest BCUT2D eigenvalue weighted by molar-refractivity contribution is 0.506. The Hall–Kier alpha value is -1.22. The molecule has 0 spiro atoms. The highest BCUT2D eigenvalue weighted by Gasteiger charge is 2.05. The maximum Gasteiger partial charge on any atom is 0.159 e. The van der Waals surface area contributed by atoms with E-state index in [4.69, 9.17) is 5.73 Å². The fourth-order valence-electron chi connectivity index (χ4n) is 0.856. The number of benzene rings is 1. The Morgan fingerprint density at radius 3 is 2.50 bits per heavy atom. The van der Waals surface area contributed by atoms with E-state index in [1.54, 1.807) is 0 Å². The second-order valence-electron chi connectivity index (χ2n) is 2.44. The van der Waals surface area contributed by atoms with Crippen molar-refractivity contribution in [2.45, 2.75) is 6.04 Å². The lowest BCUT2D eigenvalue weighted by Gasteiger charge is -2.05. The summed E-state index contributed by atoms with van der Waals surface area (Å²) >= 11 is 0. The maximum atomic E-state index is 12.6. The van der Waals surface area contributed by atoms with Crippen LogP contribution in [-0.4, -0.2) is 0 Å². The van der Waals surface area contributed by atoms with Crippen molar-refractivity contribution in [2.24, 2.45) is 5.73 Å². The first-order valence-corrected chi connectivity index (χ1v) is 3.48. The highest BCUT2D eigenvalue weighted by Crippen LogP contribution is 2.14. The van der Waals surface area contributed by atoms with E-state index in [1.807, 2.05) is 0 Å². The van der Waals surface area contributed by atoms with Gasteiger partial charge in [0.15, 0.2) is 11.6 Å². The molecular formula is C9H9F2N. The van der Waals surface area contributed by atoms with Gasteiger partial charge in [0.25, 0.3) is 0 Å². The quantitative estimate of drug-likeness (QED) is 0.674. The predicted octanol–water partition coefficient (Wildman–Crippen LogP) is 2.15. The molecule has 0 saturated heterocycles. The van der Waals surface area contributed by atoms with Crippen LogP contribution in [0.15, 0.2) is 30.9 Å². The van der Waals surface area contributed by atoms with Gasteiger partial charge in [-0.15, -0.1) is 6.58 Å². The van der Waals surface area contributed by atoms with Crippen LogP contribution in [0.25, 0.3) is 0 Å². The minimum Gasteiger partial charge on any atom is -0.321 e. The molecule has 12 heavy (non-hydrogen) atoms. The van der Waals surface area contributed by atoms with E-state index in [9.17, 15) is 8.78 Å². The Kier molecular flexibility index (Phi) is 2.55. The van der Waals surface area contributed by atoms with E-state index in [1.165, 1.54) is 12.1 Å². The van der Waals surface area contributed by atoms with Crippen molar-refractivity contribution in [2.75, 3.05) is 0 Å². The molecule has 0 amide bonds. The van der Waals surface area contributed by atoms with Crippen molar-refractivity contribution in [3.63, 3.8) is 0 Å². The minimum atomic E-state index is -0.884. The van der Waals surface area contributed by atoms with Crippen LogP contribution in [0, 0.1) is 11.6 Å². The molecule has 0 heterocycles. The molecule has 0 aromatic heterocycles. The van der Waals surface area contributed by atoms with Gasteiger partial charge in [-0.2, -0.15) is 0 Å². The van der Waals surface area contributed by atoms with Crippen LogP contribution in [-0.2, 0) is 0 Å². The van der Waals surface area contributed by atoms with Gasteiger partial charge in [-0.3, -0.25) is 0 Å². The Balaban J connectivity index is 3.04. The third-order valence-electron chi connectivity index (χ3n) is 1.58. The van der Waals surface area contributed by atoms with E-state index in [-0.39, 0.29) is 0 Å². The number of rotatable bonds is 2. The summed E-state index contributed by atoms with van der Waals surface area (Å²) in [6.07, 6.45) is 1.46. The van der Waals surface area contributed by atoms with Crippen molar-refractivity contribution in [3.05, 3.63) is 48.1 Å². The van der Waals surface area contributed by atoms with Crippen LogP contribution in [0.3, 0.4) is 0 Å².